The predicted octanol–water partition coefficient (Wildman–Crippen LogP) is 10.3. The van der Waals surface area contributed by atoms with Crippen LogP contribution in [0.3, 0.4) is 0 Å². The van der Waals surface area contributed by atoms with Crippen molar-refractivity contribution in [2.75, 3.05) is 0 Å². The standard InChI is InChI=1S/C46H29N3/c1-2-13-31(14-3-1)43-47-44(33-20-8-15-28-12-4-5-18-32(28)33)49-45(48-43)35-21-11-25-39-42(35)34-19-6-7-22-36(34)46(39)37-23-9-16-29-26-27-30-17-10-24-38(46)41(30)40(29)37/h1-27,43H,(H,47,48,49). The van der Waals surface area contributed by atoms with Crippen LogP contribution in [0.5, 0.6) is 0 Å². The zero-order chi connectivity index (χ0) is 32.1. The molecule has 1 atom stereocenters. The average molecular weight is 624 g/mol. The second-order valence-electron chi connectivity index (χ2n) is 13.3. The van der Waals surface area contributed by atoms with Crippen molar-refractivity contribution < 1.29 is 0 Å². The lowest BCUT2D eigenvalue weighted by Crippen LogP contribution is -2.36. The molecule has 3 heteroatoms. The van der Waals surface area contributed by atoms with Gasteiger partial charge < -0.3 is 5.32 Å². The predicted molar refractivity (Wildman–Crippen MR) is 202 cm³/mol. The molecule has 3 nitrogen and oxygen atoms in total. The van der Waals surface area contributed by atoms with Gasteiger partial charge in [-0.2, -0.15) is 0 Å². The maximum Gasteiger partial charge on any atom is 0.169 e. The first-order valence-electron chi connectivity index (χ1n) is 17.0. The summed E-state index contributed by atoms with van der Waals surface area (Å²) in [5, 5.41) is 11.4. The molecule has 1 unspecified atom stereocenters. The fraction of sp³-hybridized carbons (Fsp3) is 0.0435. The number of hydrogen-bond acceptors (Lipinski definition) is 3. The second kappa shape index (κ2) is 9.85. The topological polar surface area (TPSA) is 36.8 Å². The van der Waals surface area contributed by atoms with Crippen molar-refractivity contribution in [3.63, 3.8) is 0 Å². The summed E-state index contributed by atoms with van der Waals surface area (Å²) in [7, 11) is 0. The quantitative estimate of drug-likeness (QED) is 0.195. The Morgan fingerprint density at radius 3 is 1.73 bits per heavy atom. The number of aliphatic imine (C=N–C) groups is 2. The number of fused-ring (bicyclic) bond motifs is 8. The SMILES string of the molecule is c1ccc(C2N=C(c3cccc4c3-c3ccccc3C43c4cccc5ccc6cccc3c6c45)NC(c3cccc4ccccc34)=N2)cc1. The molecule has 0 amide bonds. The van der Waals surface area contributed by atoms with Gasteiger partial charge in [-0.05, 0) is 71.3 Å². The molecule has 49 heavy (non-hydrogen) atoms. The Hall–Kier alpha value is -6.32. The molecule has 0 saturated carbocycles. The van der Waals surface area contributed by atoms with E-state index in [1.54, 1.807) is 0 Å². The van der Waals surface area contributed by atoms with Crippen LogP contribution in [0, 0.1) is 0 Å². The molecule has 1 aliphatic heterocycles. The number of rotatable bonds is 3. The summed E-state index contributed by atoms with van der Waals surface area (Å²) in [5.41, 5.74) is 10.6. The summed E-state index contributed by atoms with van der Waals surface area (Å²) in [6.45, 7) is 0. The van der Waals surface area contributed by atoms with E-state index in [2.05, 4.69) is 163 Å². The molecule has 8 aromatic carbocycles. The number of benzene rings is 8. The molecule has 11 rings (SSSR count). The number of amidine groups is 2. The molecule has 2 aliphatic carbocycles. The minimum absolute atomic E-state index is 0.383. The number of nitrogens with one attached hydrogen (secondary N) is 1. The van der Waals surface area contributed by atoms with Crippen LogP contribution in [0.2, 0.25) is 0 Å². The molecule has 0 saturated heterocycles. The Kier molecular flexibility index (Phi) is 5.37. The van der Waals surface area contributed by atoms with E-state index in [-0.39, 0.29) is 6.17 Å². The Labute approximate surface area is 283 Å². The average Bonchev–Trinajstić information content (AvgIpc) is 3.65. The van der Waals surface area contributed by atoms with Crippen molar-refractivity contribution in [3.05, 3.63) is 203 Å². The summed E-state index contributed by atoms with van der Waals surface area (Å²) in [6.07, 6.45) is -0.383. The van der Waals surface area contributed by atoms with Gasteiger partial charge in [0.1, 0.15) is 11.7 Å². The first-order chi connectivity index (χ1) is 24.3. The zero-order valence-corrected chi connectivity index (χ0v) is 26.6. The molecular formula is C46H29N3. The third-order valence-corrected chi connectivity index (χ3v) is 10.9. The Morgan fingerprint density at radius 2 is 0.939 bits per heavy atom. The van der Waals surface area contributed by atoms with Gasteiger partial charge in [0.05, 0.1) is 5.41 Å². The molecule has 3 aliphatic rings. The minimum Gasteiger partial charge on any atom is -0.324 e. The Morgan fingerprint density at radius 1 is 0.408 bits per heavy atom. The minimum atomic E-state index is -0.425. The summed E-state index contributed by atoms with van der Waals surface area (Å²) in [5.74, 6) is 1.67. The van der Waals surface area contributed by atoms with Crippen molar-refractivity contribution in [1.82, 2.24) is 5.32 Å². The van der Waals surface area contributed by atoms with Crippen molar-refractivity contribution in [2.24, 2.45) is 9.98 Å². The highest BCUT2D eigenvalue weighted by atomic mass is 15.2. The van der Waals surface area contributed by atoms with Crippen molar-refractivity contribution in [3.8, 4) is 11.1 Å². The van der Waals surface area contributed by atoms with Gasteiger partial charge in [0.25, 0.3) is 0 Å². The summed E-state index contributed by atoms with van der Waals surface area (Å²) >= 11 is 0. The van der Waals surface area contributed by atoms with Crippen LogP contribution in [0.25, 0.3) is 43.4 Å². The summed E-state index contributed by atoms with van der Waals surface area (Å²) in [4.78, 5) is 10.6. The van der Waals surface area contributed by atoms with Gasteiger partial charge in [-0.15, -0.1) is 0 Å². The van der Waals surface area contributed by atoms with Gasteiger partial charge in [-0.25, -0.2) is 9.98 Å². The highest BCUT2D eigenvalue weighted by molar-refractivity contribution is 6.23. The van der Waals surface area contributed by atoms with Crippen molar-refractivity contribution in [2.45, 2.75) is 11.6 Å². The largest absolute Gasteiger partial charge is 0.324 e. The van der Waals surface area contributed by atoms with Crippen LogP contribution in [0.4, 0.5) is 0 Å². The molecule has 1 spiro atoms. The molecule has 1 heterocycles. The highest BCUT2D eigenvalue weighted by Crippen LogP contribution is 2.62. The smallest absolute Gasteiger partial charge is 0.169 e. The van der Waals surface area contributed by atoms with E-state index in [9.17, 15) is 0 Å². The third-order valence-electron chi connectivity index (χ3n) is 10.9. The van der Waals surface area contributed by atoms with E-state index in [1.165, 1.54) is 60.3 Å². The molecule has 0 bridgehead atoms. The molecule has 0 fully saturated rings. The second-order valence-corrected chi connectivity index (χ2v) is 13.3. The molecule has 8 aromatic rings. The van der Waals surface area contributed by atoms with E-state index in [0.29, 0.717) is 0 Å². The fourth-order valence-corrected chi connectivity index (χ4v) is 8.96. The van der Waals surface area contributed by atoms with Gasteiger partial charge in [-0.3, -0.25) is 0 Å². The van der Waals surface area contributed by atoms with E-state index in [0.717, 1.165) is 33.7 Å². The van der Waals surface area contributed by atoms with Gasteiger partial charge in [-0.1, -0.05) is 164 Å². The third kappa shape index (κ3) is 3.51. The summed E-state index contributed by atoms with van der Waals surface area (Å²) < 4.78 is 0. The van der Waals surface area contributed by atoms with Gasteiger partial charge in [0, 0.05) is 11.1 Å². The van der Waals surface area contributed by atoms with Gasteiger partial charge in [0.15, 0.2) is 6.17 Å². The van der Waals surface area contributed by atoms with Crippen molar-refractivity contribution in [1.29, 1.82) is 0 Å². The zero-order valence-electron chi connectivity index (χ0n) is 26.6. The maximum atomic E-state index is 5.38. The van der Waals surface area contributed by atoms with E-state index >= 15 is 0 Å². The maximum absolute atomic E-state index is 5.38. The number of hydrogen-bond donors (Lipinski definition) is 1. The van der Waals surface area contributed by atoms with Crippen LogP contribution < -0.4 is 5.32 Å². The number of nitrogens with zero attached hydrogens (tertiary/aromatic N) is 2. The van der Waals surface area contributed by atoms with Gasteiger partial charge >= 0.3 is 0 Å². The molecule has 0 aromatic heterocycles. The lowest BCUT2D eigenvalue weighted by atomic mass is 9.70. The molecule has 0 radical (unpaired) electrons. The Bertz CT molecular complexity index is 2690. The van der Waals surface area contributed by atoms with Crippen LogP contribution in [0.1, 0.15) is 45.1 Å². The van der Waals surface area contributed by atoms with E-state index in [4.69, 9.17) is 9.98 Å². The lowest BCUT2D eigenvalue weighted by molar-refractivity contribution is 0.756. The Balaban J connectivity index is 1.18. The molecular weight excluding hydrogens is 595 g/mol. The van der Waals surface area contributed by atoms with Crippen LogP contribution in [-0.4, -0.2) is 11.7 Å². The first kappa shape index (κ1) is 26.7. The first-order valence-corrected chi connectivity index (χ1v) is 17.0. The van der Waals surface area contributed by atoms with E-state index < -0.39 is 5.41 Å². The van der Waals surface area contributed by atoms with Crippen molar-refractivity contribution >= 4 is 44.0 Å². The van der Waals surface area contributed by atoms with E-state index in [1.807, 2.05) is 6.07 Å². The molecule has 228 valence electrons. The van der Waals surface area contributed by atoms with Gasteiger partial charge in [0.2, 0.25) is 0 Å². The molecule has 1 N–H and O–H groups in total. The van der Waals surface area contributed by atoms with Crippen LogP contribution in [0.15, 0.2) is 174 Å². The van der Waals surface area contributed by atoms with Crippen LogP contribution >= 0.6 is 0 Å². The van der Waals surface area contributed by atoms with Crippen LogP contribution in [-0.2, 0) is 5.41 Å². The summed E-state index contributed by atoms with van der Waals surface area (Å²) in [6, 6.07) is 59.4. The fourth-order valence-electron chi connectivity index (χ4n) is 8.96. The monoisotopic (exact) mass is 623 g/mol. The highest BCUT2D eigenvalue weighted by Gasteiger charge is 2.51. The lowest BCUT2D eigenvalue weighted by Gasteiger charge is -2.31. The normalized spacial score (nSPS) is 16.5.